The van der Waals surface area contributed by atoms with Gasteiger partial charge < -0.3 is 31.2 Å². The zero-order valence-electron chi connectivity index (χ0n) is 31.0. The zero-order valence-corrected chi connectivity index (χ0v) is 31.0. The van der Waals surface area contributed by atoms with Crippen molar-refractivity contribution in [1.82, 2.24) is 20.2 Å². The van der Waals surface area contributed by atoms with E-state index < -0.39 is 17.8 Å². The molecule has 4 rings (SSSR count). The fraction of sp³-hybridized carbons (Fsp3) is 0.514. The van der Waals surface area contributed by atoms with Gasteiger partial charge in [0.2, 0.25) is 18.2 Å². The second-order valence-electron chi connectivity index (χ2n) is 10.9. The summed E-state index contributed by atoms with van der Waals surface area (Å²) in [6, 6.07) is 5.38. The number of aryl methyl sites for hydroxylation is 1. The standard InChI is InChI=1S/C32H39F3N6O3.2C2H6.CH5N/c1-5-21(15-22(6-2)32(33,34)35)17-36-29(43)10-8-9-28-20(4)38-30-25-16-24(40-14-13-23(18-40)37-19-42)11-12-26(25)39-31(44)27(7-3)41(28)30;3*1-2/h6,8-9,11-12,15-16,19,23,27H,5,7,10,13-14,17-18H2,1-4H3,(H,36,43)(H,37,42)(H,39,44);2*1-2H3;2H2,1H3/b9-8-,21-15+,22-6+;;;. The number of halogens is 3. The van der Waals surface area contributed by atoms with Crippen LogP contribution in [0, 0.1) is 6.92 Å². The van der Waals surface area contributed by atoms with Gasteiger partial charge in [0, 0.05) is 43.3 Å². The Balaban J connectivity index is 0.00000197. The lowest BCUT2D eigenvalue weighted by atomic mass is 10.1. The maximum atomic E-state index is 13.3. The van der Waals surface area contributed by atoms with Gasteiger partial charge in [0.05, 0.1) is 22.6 Å². The Kier molecular flexibility index (Phi) is 18.9. The number of alkyl halides is 3. The van der Waals surface area contributed by atoms with Gasteiger partial charge in [-0.1, -0.05) is 59.3 Å². The first kappa shape index (κ1) is 43.6. The number of carbonyl (C=O) groups is 3. The van der Waals surface area contributed by atoms with E-state index in [1.807, 2.05) is 64.3 Å². The van der Waals surface area contributed by atoms with E-state index in [-0.39, 0.29) is 30.8 Å². The number of hydrogen-bond acceptors (Lipinski definition) is 6. The molecule has 0 aliphatic carbocycles. The Bertz CT molecular complexity index is 1500. The number of hydrogen-bond donors (Lipinski definition) is 4. The highest BCUT2D eigenvalue weighted by molar-refractivity contribution is 6.00. The third kappa shape index (κ3) is 11.3. The predicted octanol–water partition coefficient (Wildman–Crippen LogP) is 7.08. The van der Waals surface area contributed by atoms with Crippen molar-refractivity contribution in [2.45, 2.75) is 99.3 Å². The Labute approximate surface area is 295 Å². The fourth-order valence-electron chi connectivity index (χ4n) is 5.60. The van der Waals surface area contributed by atoms with Crippen LogP contribution in [0.4, 0.5) is 24.5 Å². The minimum atomic E-state index is -4.45. The number of aromatic nitrogens is 2. The summed E-state index contributed by atoms with van der Waals surface area (Å²) in [5.74, 6) is 0.132. The van der Waals surface area contributed by atoms with E-state index in [1.54, 1.807) is 19.1 Å². The van der Waals surface area contributed by atoms with E-state index in [9.17, 15) is 27.6 Å². The fourth-order valence-corrected chi connectivity index (χ4v) is 5.60. The van der Waals surface area contributed by atoms with E-state index in [0.29, 0.717) is 47.9 Å². The summed E-state index contributed by atoms with van der Waals surface area (Å²) in [7, 11) is 1.50. The second kappa shape index (κ2) is 21.6. The number of allylic oxidation sites excluding steroid dienone is 3. The third-order valence-electron chi connectivity index (χ3n) is 8.04. The average molecular weight is 704 g/mol. The van der Waals surface area contributed by atoms with Crippen molar-refractivity contribution in [3.05, 3.63) is 59.0 Å². The number of nitrogens with zero attached hydrogens (tertiary/aromatic N) is 3. The predicted molar refractivity (Wildman–Crippen MR) is 198 cm³/mol. The normalized spacial score (nSPS) is 17.1. The lowest BCUT2D eigenvalue weighted by Gasteiger charge is -2.20. The minimum absolute atomic E-state index is 0.00136. The van der Waals surface area contributed by atoms with Crippen molar-refractivity contribution >= 4 is 35.7 Å². The van der Waals surface area contributed by atoms with Crippen LogP contribution in [0.1, 0.15) is 91.6 Å². The molecular weight excluding hydrogens is 647 g/mol. The van der Waals surface area contributed by atoms with Crippen LogP contribution in [0.3, 0.4) is 0 Å². The minimum Gasteiger partial charge on any atom is -0.369 e. The summed E-state index contributed by atoms with van der Waals surface area (Å²) in [5, 5.41) is 8.58. The number of carbonyl (C=O) groups excluding carboxylic acids is 3. The molecule has 2 aliphatic heterocycles. The number of imidazole rings is 1. The molecular formula is C37H56F3N7O3. The van der Waals surface area contributed by atoms with E-state index in [1.165, 1.54) is 14.0 Å². The molecule has 0 saturated carbocycles. The van der Waals surface area contributed by atoms with Gasteiger partial charge in [-0.3, -0.25) is 14.4 Å². The van der Waals surface area contributed by atoms with Crippen LogP contribution in [-0.4, -0.2) is 66.7 Å². The Hall–Kier alpha value is -4.39. The highest BCUT2D eigenvalue weighted by Crippen LogP contribution is 2.39. The maximum absolute atomic E-state index is 13.3. The molecule has 2 aromatic rings. The molecule has 0 spiro atoms. The first-order valence-electron chi connectivity index (χ1n) is 17.4. The molecule has 2 unspecified atom stereocenters. The van der Waals surface area contributed by atoms with Crippen LogP contribution in [-0.2, 0) is 14.4 Å². The molecule has 0 bridgehead atoms. The van der Waals surface area contributed by atoms with Crippen LogP contribution in [0.2, 0.25) is 0 Å². The van der Waals surface area contributed by atoms with Gasteiger partial charge in [0.1, 0.15) is 11.9 Å². The summed E-state index contributed by atoms with van der Waals surface area (Å²) >= 11 is 0. The van der Waals surface area contributed by atoms with E-state index >= 15 is 0 Å². The molecule has 1 fully saturated rings. The first-order chi connectivity index (χ1) is 24.0. The number of benzene rings is 1. The number of anilines is 2. The third-order valence-corrected chi connectivity index (χ3v) is 8.04. The first-order valence-corrected chi connectivity index (χ1v) is 17.4. The van der Waals surface area contributed by atoms with Gasteiger partial charge in [-0.2, -0.15) is 13.2 Å². The van der Waals surface area contributed by atoms with Gasteiger partial charge in [0.15, 0.2) is 0 Å². The maximum Gasteiger partial charge on any atom is 0.416 e. The smallest absolute Gasteiger partial charge is 0.369 e. The number of nitrogens with one attached hydrogen (secondary N) is 3. The number of nitrogens with two attached hydrogens (primary N) is 1. The van der Waals surface area contributed by atoms with Gasteiger partial charge >= 0.3 is 6.18 Å². The Morgan fingerprint density at radius 1 is 1.16 bits per heavy atom. The van der Waals surface area contributed by atoms with E-state index in [0.717, 1.165) is 42.8 Å². The lowest BCUT2D eigenvalue weighted by molar-refractivity contribution is -0.120. The Morgan fingerprint density at radius 3 is 2.42 bits per heavy atom. The summed E-state index contributed by atoms with van der Waals surface area (Å²) in [4.78, 5) is 43.9. The van der Waals surface area contributed by atoms with Crippen molar-refractivity contribution in [2.75, 3.05) is 36.9 Å². The van der Waals surface area contributed by atoms with Crippen LogP contribution in [0.5, 0.6) is 0 Å². The molecule has 0 radical (unpaired) electrons. The van der Waals surface area contributed by atoms with Gasteiger partial charge in [0.25, 0.3) is 0 Å². The molecule has 2 atom stereocenters. The molecule has 50 heavy (non-hydrogen) atoms. The van der Waals surface area contributed by atoms with Crippen LogP contribution >= 0.6 is 0 Å². The van der Waals surface area contributed by atoms with Crippen molar-refractivity contribution in [3.8, 4) is 11.4 Å². The highest BCUT2D eigenvalue weighted by atomic mass is 19.4. The molecule has 1 saturated heterocycles. The Morgan fingerprint density at radius 2 is 1.84 bits per heavy atom. The molecule has 10 nitrogen and oxygen atoms in total. The average Bonchev–Trinajstić information content (AvgIpc) is 3.69. The molecule has 3 amide bonds. The summed E-state index contributed by atoms with van der Waals surface area (Å²) in [5.41, 5.74) is 8.00. The summed E-state index contributed by atoms with van der Waals surface area (Å²) < 4.78 is 41.3. The molecule has 1 aromatic heterocycles. The highest BCUT2D eigenvalue weighted by Gasteiger charge is 2.33. The zero-order chi connectivity index (χ0) is 38.0. The summed E-state index contributed by atoms with van der Waals surface area (Å²) in [6.07, 6.45) is 3.51. The quantitative estimate of drug-likeness (QED) is 0.146. The number of amides is 3. The molecule has 3 heterocycles. The van der Waals surface area contributed by atoms with Gasteiger partial charge in [-0.25, -0.2) is 4.98 Å². The SMILES string of the molecule is C/C=C(\C=C(/CC)CNC(=O)C/C=C\c1c(C)nc2n1C(CC)C(=O)Nc1ccc(N3CCC(NC=O)C3)cc1-2)C(F)(F)F.CC.CC.CN. The number of fused-ring (bicyclic) bond motifs is 3. The van der Waals surface area contributed by atoms with Crippen LogP contribution in [0.15, 0.2) is 47.6 Å². The second-order valence-corrected chi connectivity index (χ2v) is 10.9. The topological polar surface area (TPSA) is 134 Å². The molecule has 13 heteroatoms. The molecule has 5 N–H and O–H groups in total. The molecule has 1 aromatic carbocycles. The number of rotatable bonds is 11. The van der Waals surface area contributed by atoms with Crippen molar-refractivity contribution in [2.24, 2.45) is 5.73 Å². The largest absolute Gasteiger partial charge is 0.416 e. The van der Waals surface area contributed by atoms with Crippen molar-refractivity contribution in [3.63, 3.8) is 0 Å². The van der Waals surface area contributed by atoms with Gasteiger partial charge in [-0.05, 0) is 70.5 Å². The van der Waals surface area contributed by atoms with Crippen molar-refractivity contribution < 1.29 is 27.6 Å². The monoisotopic (exact) mass is 703 g/mol. The lowest BCUT2D eigenvalue weighted by Crippen LogP contribution is -2.31. The molecule has 2 aliphatic rings. The van der Waals surface area contributed by atoms with Crippen LogP contribution < -0.4 is 26.6 Å². The van der Waals surface area contributed by atoms with Crippen LogP contribution in [0.25, 0.3) is 17.5 Å². The van der Waals surface area contributed by atoms with Crippen molar-refractivity contribution in [1.29, 1.82) is 0 Å². The summed E-state index contributed by atoms with van der Waals surface area (Å²) in [6.45, 7) is 16.3. The van der Waals surface area contributed by atoms with Gasteiger partial charge in [-0.15, -0.1) is 0 Å². The molecule has 278 valence electrons. The van der Waals surface area contributed by atoms with E-state index in [4.69, 9.17) is 4.98 Å². The van der Waals surface area contributed by atoms with E-state index in [2.05, 4.69) is 26.6 Å².